The molecule has 4 N–H and O–H groups in total. The van der Waals surface area contributed by atoms with Gasteiger partial charge in [0.15, 0.2) is 0 Å². The molecule has 0 aliphatic rings. The lowest BCUT2D eigenvalue weighted by molar-refractivity contribution is 0.408. The Labute approximate surface area is 78.7 Å². The van der Waals surface area contributed by atoms with Gasteiger partial charge in [0.25, 0.3) is 0 Å². The molecule has 0 heterocycles. The Morgan fingerprint density at radius 2 is 2.15 bits per heavy atom. The molecular weight excluding hydrogens is 164 g/mol. The molecule has 0 aliphatic carbocycles. The van der Waals surface area contributed by atoms with Crippen molar-refractivity contribution < 1.29 is 4.74 Å². The maximum atomic E-state index is 5.70. The molecule has 1 atom stereocenters. The summed E-state index contributed by atoms with van der Waals surface area (Å²) < 4.78 is 5.19. The normalized spacial score (nSPS) is 12.5. The van der Waals surface area contributed by atoms with Crippen molar-refractivity contribution >= 4 is 5.69 Å². The number of ether oxygens (including phenoxy) is 1. The van der Waals surface area contributed by atoms with E-state index < -0.39 is 0 Å². The van der Waals surface area contributed by atoms with Crippen LogP contribution in [0.15, 0.2) is 18.2 Å². The van der Waals surface area contributed by atoms with Gasteiger partial charge in [0, 0.05) is 11.7 Å². The minimum atomic E-state index is 0.121. The Morgan fingerprint density at radius 1 is 1.46 bits per heavy atom. The zero-order valence-corrected chi connectivity index (χ0v) is 8.08. The summed E-state index contributed by atoms with van der Waals surface area (Å²) in [6, 6.07) is 5.72. The van der Waals surface area contributed by atoms with Gasteiger partial charge in [-0.15, -0.1) is 0 Å². The van der Waals surface area contributed by atoms with E-state index in [2.05, 4.69) is 0 Å². The van der Waals surface area contributed by atoms with Gasteiger partial charge in [-0.1, -0.05) is 0 Å². The number of hydrogen-bond acceptors (Lipinski definition) is 3. The van der Waals surface area contributed by atoms with Crippen LogP contribution in [0.3, 0.4) is 0 Å². The lowest BCUT2D eigenvalue weighted by Crippen LogP contribution is -2.18. The molecule has 72 valence electrons. The van der Waals surface area contributed by atoms with E-state index in [9.17, 15) is 0 Å². The summed E-state index contributed by atoms with van der Waals surface area (Å²) in [5.41, 5.74) is 13.2. The first-order valence-electron chi connectivity index (χ1n) is 4.31. The van der Waals surface area contributed by atoms with Crippen LogP contribution in [0.2, 0.25) is 0 Å². The van der Waals surface area contributed by atoms with Gasteiger partial charge in [0.1, 0.15) is 5.75 Å². The fourth-order valence-corrected chi connectivity index (χ4v) is 1.30. The summed E-state index contributed by atoms with van der Waals surface area (Å²) in [6.07, 6.45) is 0.786. The molecule has 0 aliphatic heterocycles. The third-order valence-corrected chi connectivity index (χ3v) is 1.85. The standard InChI is InChI=1S/C10H16N2O/c1-7(11)5-8-6-9(12)3-4-10(8)13-2/h3-4,6-7H,5,11-12H2,1-2H3. The van der Waals surface area contributed by atoms with Crippen LogP contribution in [0.1, 0.15) is 12.5 Å². The minimum Gasteiger partial charge on any atom is -0.496 e. The molecule has 1 aromatic rings. The van der Waals surface area contributed by atoms with E-state index >= 15 is 0 Å². The number of nitrogen functional groups attached to an aromatic ring is 1. The number of nitrogens with two attached hydrogens (primary N) is 2. The average Bonchev–Trinajstić information content (AvgIpc) is 2.03. The summed E-state index contributed by atoms with van der Waals surface area (Å²) in [7, 11) is 1.65. The summed E-state index contributed by atoms with van der Waals surface area (Å²) in [4.78, 5) is 0. The predicted octanol–water partition coefficient (Wildman–Crippen LogP) is 1.17. The highest BCUT2D eigenvalue weighted by atomic mass is 16.5. The van der Waals surface area contributed by atoms with Crippen molar-refractivity contribution in [3.63, 3.8) is 0 Å². The molecule has 0 aromatic heterocycles. The molecular formula is C10H16N2O. The van der Waals surface area contributed by atoms with Gasteiger partial charge in [-0.05, 0) is 37.1 Å². The van der Waals surface area contributed by atoms with Crippen LogP contribution in [0.25, 0.3) is 0 Å². The molecule has 3 heteroatoms. The summed E-state index contributed by atoms with van der Waals surface area (Å²) >= 11 is 0. The molecule has 1 rings (SSSR count). The largest absolute Gasteiger partial charge is 0.496 e. The van der Waals surface area contributed by atoms with Crippen LogP contribution in [0.4, 0.5) is 5.69 Å². The van der Waals surface area contributed by atoms with Gasteiger partial charge in [-0.3, -0.25) is 0 Å². The summed E-state index contributed by atoms with van der Waals surface area (Å²) in [6.45, 7) is 1.96. The van der Waals surface area contributed by atoms with Gasteiger partial charge in [0.05, 0.1) is 7.11 Å². The second-order valence-electron chi connectivity index (χ2n) is 3.25. The third kappa shape index (κ3) is 2.63. The molecule has 0 saturated carbocycles. The maximum Gasteiger partial charge on any atom is 0.122 e. The lowest BCUT2D eigenvalue weighted by atomic mass is 10.1. The molecule has 0 saturated heterocycles. The van der Waals surface area contributed by atoms with E-state index in [1.54, 1.807) is 7.11 Å². The zero-order valence-electron chi connectivity index (χ0n) is 8.08. The zero-order chi connectivity index (χ0) is 9.84. The molecule has 13 heavy (non-hydrogen) atoms. The highest BCUT2D eigenvalue weighted by Gasteiger charge is 2.05. The van der Waals surface area contributed by atoms with Crippen LogP contribution in [-0.4, -0.2) is 13.2 Å². The van der Waals surface area contributed by atoms with Gasteiger partial charge in [-0.2, -0.15) is 0 Å². The molecule has 0 amide bonds. The van der Waals surface area contributed by atoms with Crippen LogP contribution >= 0.6 is 0 Å². The monoisotopic (exact) mass is 180 g/mol. The summed E-state index contributed by atoms with van der Waals surface area (Å²) in [5, 5.41) is 0. The van der Waals surface area contributed by atoms with E-state index in [-0.39, 0.29) is 6.04 Å². The van der Waals surface area contributed by atoms with Crippen molar-refractivity contribution in [1.29, 1.82) is 0 Å². The van der Waals surface area contributed by atoms with Crippen LogP contribution < -0.4 is 16.2 Å². The number of methoxy groups -OCH3 is 1. The number of benzene rings is 1. The molecule has 1 unspecified atom stereocenters. The Bertz CT molecular complexity index is 284. The van der Waals surface area contributed by atoms with Crippen LogP contribution in [0.5, 0.6) is 5.75 Å². The van der Waals surface area contributed by atoms with E-state index in [1.165, 1.54) is 0 Å². The topological polar surface area (TPSA) is 61.3 Å². The molecule has 0 spiro atoms. The van der Waals surface area contributed by atoms with Gasteiger partial charge < -0.3 is 16.2 Å². The predicted molar refractivity (Wildman–Crippen MR) is 54.8 cm³/mol. The first-order valence-corrected chi connectivity index (χ1v) is 4.31. The van der Waals surface area contributed by atoms with Crippen molar-refractivity contribution in [2.24, 2.45) is 5.73 Å². The molecule has 1 aromatic carbocycles. The van der Waals surface area contributed by atoms with E-state index in [1.807, 2.05) is 25.1 Å². The lowest BCUT2D eigenvalue weighted by Gasteiger charge is -2.10. The van der Waals surface area contributed by atoms with Crippen molar-refractivity contribution in [3.05, 3.63) is 23.8 Å². The highest BCUT2D eigenvalue weighted by molar-refractivity contribution is 5.48. The van der Waals surface area contributed by atoms with Crippen LogP contribution in [0, 0.1) is 0 Å². The highest BCUT2D eigenvalue weighted by Crippen LogP contribution is 2.21. The van der Waals surface area contributed by atoms with Crippen molar-refractivity contribution in [3.8, 4) is 5.75 Å². The number of rotatable bonds is 3. The van der Waals surface area contributed by atoms with E-state index in [4.69, 9.17) is 16.2 Å². The molecule has 0 fully saturated rings. The minimum absolute atomic E-state index is 0.121. The Morgan fingerprint density at radius 3 is 2.69 bits per heavy atom. The van der Waals surface area contributed by atoms with Crippen LogP contribution in [-0.2, 0) is 6.42 Å². The molecule has 3 nitrogen and oxygen atoms in total. The quantitative estimate of drug-likeness (QED) is 0.686. The second kappa shape index (κ2) is 4.14. The first-order chi connectivity index (χ1) is 6.13. The summed E-state index contributed by atoms with van der Waals surface area (Å²) in [5.74, 6) is 0.853. The fourth-order valence-electron chi connectivity index (χ4n) is 1.30. The van der Waals surface area contributed by atoms with Crippen molar-refractivity contribution in [2.45, 2.75) is 19.4 Å². The van der Waals surface area contributed by atoms with Crippen molar-refractivity contribution in [1.82, 2.24) is 0 Å². The van der Waals surface area contributed by atoms with Gasteiger partial charge >= 0.3 is 0 Å². The van der Waals surface area contributed by atoms with Gasteiger partial charge in [0.2, 0.25) is 0 Å². The SMILES string of the molecule is COc1ccc(N)cc1CC(C)N. The Balaban J connectivity index is 2.94. The van der Waals surface area contributed by atoms with E-state index in [0.717, 1.165) is 23.4 Å². The Kier molecular flexibility index (Phi) is 3.14. The maximum absolute atomic E-state index is 5.70. The van der Waals surface area contributed by atoms with Crippen molar-refractivity contribution in [2.75, 3.05) is 12.8 Å². The average molecular weight is 180 g/mol. The van der Waals surface area contributed by atoms with E-state index in [0.29, 0.717) is 0 Å². The first kappa shape index (κ1) is 9.86. The number of anilines is 1. The number of hydrogen-bond donors (Lipinski definition) is 2. The second-order valence-corrected chi connectivity index (χ2v) is 3.25. The molecule has 0 radical (unpaired) electrons. The van der Waals surface area contributed by atoms with Gasteiger partial charge in [-0.25, -0.2) is 0 Å². The molecule has 0 bridgehead atoms. The Hall–Kier alpha value is -1.22. The third-order valence-electron chi connectivity index (χ3n) is 1.85. The smallest absolute Gasteiger partial charge is 0.122 e. The fraction of sp³-hybridized carbons (Fsp3) is 0.400.